The van der Waals surface area contributed by atoms with Crippen molar-refractivity contribution in [2.75, 3.05) is 13.2 Å². The van der Waals surface area contributed by atoms with Crippen LogP contribution in [0.5, 0.6) is 0 Å². The van der Waals surface area contributed by atoms with Crippen molar-refractivity contribution in [3.63, 3.8) is 0 Å². The number of dihydropyridines is 1. The monoisotopic (exact) mass is 171 g/mol. The van der Waals surface area contributed by atoms with Gasteiger partial charge >= 0.3 is 0 Å². The van der Waals surface area contributed by atoms with Gasteiger partial charge in [0.25, 0.3) is 0 Å². The molecule has 0 aromatic carbocycles. The zero-order valence-electron chi connectivity index (χ0n) is 6.94. The number of aliphatic imine (C=N–C) groups is 1. The molecule has 1 rings (SSSR count). The number of nitrogens with zero attached hydrogens (tertiary/aromatic N) is 1. The lowest BCUT2D eigenvalue weighted by atomic mass is 9.97. The second-order valence-corrected chi connectivity index (χ2v) is 2.83. The summed E-state index contributed by atoms with van der Waals surface area (Å²) in [6, 6.07) is -0.234. The summed E-state index contributed by atoms with van der Waals surface area (Å²) in [6.07, 6.45) is 0.741. The second-order valence-electron chi connectivity index (χ2n) is 2.83. The van der Waals surface area contributed by atoms with Gasteiger partial charge in [0.15, 0.2) is 0 Å². The van der Waals surface area contributed by atoms with Crippen molar-refractivity contribution in [1.29, 1.82) is 0 Å². The van der Waals surface area contributed by atoms with Crippen molar-refractivity contribution < 1.29 is 15.3 Å². The summed E-state index contributed by atoms with van der Waals surface area (Å²) in [5.41, 5.74) is 0.989. The van der Waals surface area contributed by atoms with E-state index in [-0.39, 0.29) is 19.3 Å². The summed E-state index contributed by atoms with van der Waals surface area (Å²) in [5, 5.41) is 27.2. The van der Waals surface area contributed by atoms with E-state index in [2.05, 4.69) is 4.99 Å². The standard InChI is InChI=1S/C8H13NO3/c1-5-8(12)7(4-11)6(3-10)2-9-5/h2,5,8,10-12H,3-4H2,1H3. The minimum atomic E-state index is -0.762. The van der Waals surface area contributed by atoms with E-state index in [1.807, 2.05) is 0 Å². The summed E-state index contributed by atoms with van der Waals surface area (Å²) in [7, 11) is 0. The van der Waals surface area contributed by atoms with Crippen LogP contribution in [0.3, 0.4) is 0 Å². The van der Waals surface area contributed by atoms with E-state index in [9.17, 15) is 5.11 Å². The Labute approximate surface area is 70.9 Å². The first-order chi connectivity index (χ1) is 5.70. The third kappa shape index (κ3) is 1.55. The zero-order valence-corrected chi connectivity index (χ0v) is 6.94. The molecule has 0 radical (unpaired) electrons. The maximum atomic E-state index is 9.50. The zero-order chi connectivity index (χ0) is 9.14. The third-order valence-electron chi connectivity index (χ3n) is 2.03. The van der Waals surface area contributed by atoms with E-state index in [0.29, 0.717) is 11.1 Å². The molecule has 12 heavy (non-hydrogen) atoms. The molecule has 68 valence electrons. The van der Waals surface area contributed by atoms with Crippen molar-refractivity contribution in [2.24, 2.45) is 4.99 Å². The van der Waals surface area contributed by atoms with Crippen LogP contribution in [-0.4, -0.2) is 46.9 Å². The van der Waals surface area contributed by atoms with Gasteiger partial charge in [0, 0.05) is 6.21 Å². The fourth-order valence-electron chi connectivity index (χ4n) is 1.19. The van der Waals surface area contributed by atoms with Crippen LogP contribution >= 0.6 is 0 Å². The molecule has 2 atom stereocenters. The van der Waals surface area contributed by atoms with Gasteiger partial charge in [-0.1, -0.05) is 0 Å². The molecule has 3 N–H and O–H groups in total. The maximum absolute atomic E-state index is 9.50. The smallest absolute Gasteiger partial charge is 0.0999 e. The Morgan fingerprint density at radius 2 is 2.08 bits per heavy atom. The fraction of sp³-hybridized carbons (Fsp3) is 0.625. The number of aliphatic hydroxyl groups is 3. The minimum Gasteiger partial charge on any atom is -0.392 e. The Hall–Kier alpha value is -0.710. The Balaban J connectivity index is 2.92. The molecule has 0 fully saturated rings. The Morgan fingerprint density at radius 3 is 2.58 bits per heavy atom. The second kappa shape index (κ2) is 3.80. The molecule has 0 saturated heterocycles. The van der Waals surface area contributed by atoms with E-state index < -0.39 is 6.10 Å². The first-order valence-corrected chi connectivity index (χ1v) is 3.85. The van der Waals surface area contributed by atoms with E-state index in [1.165, 1.54) is 6.21 Å². The van der Waals surface area contributed by atoms with Crippen molar-refractivity contribution in [3.8, 4) is 0 Å². The van der Waals surface area contributed by atoms with Crippen LogP contribution < -0.4 is 0 Å². The number of hydrogen-bond acceptors (Lipinski definition) is 4. The van der Waals surface area contributed by atoms with E-state index >= 15 is 0 Å². The average Bonchev–Trinajstić information content (AvgIpc) is 2.09. The number of rotatable bonds is 2. The van der Waals surface area contributed by atoms with Gasteiger partial charge in [-0.15, -0.1) is 0 Å². The molecule has 0 aromatic heterocycles. The quantitative estimate of drug-likeness (QED) is 0.504. The van der Waals surface area contributed by atoms with E-state index in [4.69, 9.17) is 10.2 Å². The summed E-state index contributed by atoms with van der Waals surface area (Å²) in [6.45, 7) is 1.33. The number of aliphatic hydroxyl groups excluding tert-OH is 3. The van der Waals surface area contributed by atoms with Gasteiger partial charge in [-0.05, 0) is 18.1 Å². The molecule has 4 heteroatoms. The predicted molar refractivity (Wildman–Crippen MR) is 45.2 cm³/mol. The summed E-state index contributed by atoms with van der Waals surface area (Å²) < 4.78 is 0. The lowest BCUT2D eigenvalue weighted by Crippen LogP contribution is -2.30. The van der Waals surface area contributed by atoms with Gasteiger partial charge in [0.2, 0.25) is 0 Å². The molecule has 0 aliphatic carbocycles. The van der Waals surface area contributed by atoms with Gasteiger partial charge in [-0.3, -0.25) is 4.99 Å². The highest BCUT2D eigenvalue weighted by atomic mass is 16.3. The van der Waals surface area contributed by atoms with Gasteiger partial charge in [-0.2, -0.15) is 0 Å². The van der Waals surface area contributed by atoms with Crippen molar-refractivity contribution >= 4 is 6.21 Å². The molecule has 4 nitrogen and oxygen atoms in total. The molecule has 0 amide bonds. The lowest BCUT2D eigenvalue weighted by molar-refractivity contribution is 0.162. The maximum Gasteiger partial charge on any atom is 0.0999 e. The Morgan fingerprint density at radius 1 is 1.42 bits per heavy atom. The van der Waals surface area contributed by atoms with Crippen molar-refractivity contribution in [1.82, 2.24) is 0 Å². The van der Waals surface area contributed by atoms with Crippen molar-refractivity contribution in [2.45, 2.75) is 19.1 Å². The van der Waals surface area contributed by atoms with Crippen LogP contribution in [0.4, 0.5) is 0 Å². The summed E-state index contributed by atoms with van der Waals surface area (Å²) in [5.74, 6) is 0. The van der Waals surface area contributed by atoms with Crippen LogP contribution in [0.15, 0.2) is 16.1 Å². The predicted octanol–water partition coefficient (Wildman–Crippen LogP) is -0.899. The molecule has 0 spiro atoms. The molecule has 1 heterocycles. The highest BCUT2D eigenvalue weighted by Gasteiger charge is 2.23. The molecular formula is C8H13NO3. The minimum absolute atomic E-state index is 0.191. The van der Waals surface area contributed by atoms with Crippen LogP contribution in [0, 0.1) is 0 Å². The Bertz CT molecular complexity index is 222. The molecule has 0 bridgehead atoms. The SMILES string of the molecule is CC1N=CC(CO)=C(CO)C1O. The first-order valence-electron chi connectivity index (χ1n) is 3.85. The molecule has 2 unspecified atom stereocenters. The van der Waals surface area contributed by atoms with E-state index in [0.717, 1.165) is 0 Å². The topological polar surface area (TPSA) is 73.1 Å². The normalized spacial score (nSPS) is 29.7. The fourth-order valence-corrected chi connectivity index (χ4v) is 1.19. The van der Waals surface area contributed by atoms with Gasteiger partial charge in [0.1, 0.15) is 0 Å². The molecular weight excluding hydrogens is 158 g/mol. The third-order valence-corrected chi connectivity index (χ3v) is 2.03. The highest BCUT2D eigenvalue weighted by molar-refractivity contribution is 5.81. The summed E-state index contributed by atoms with van der Waals surface area (Å²) in [4.78, 5) is 3.96. The molecule has 1 aliphatic heterocycles. The molecule has 0 aromatic rings. The number of hydrogen-bond donors (Lipinski definition) is 3. The highest BCUT2D eigenvalue weighted by Crippen LogP contribution is 2.17. The van der Waals surface area contributed by atoms with Gasteiger partial charge in [-0.25, -0.2) is 0 Å². The van der Waals surface area contributed by atoms with Crippen LogP contribution in [0.1, 0.15) is 6.92 Å². The van der Waals surface area contributed by atoms with Crippen LogP contribution in [0.25, 0.3) is 0 Å². The van der Waals surface area contributed by atoms with Crippen LogP contribution in [0.2, 0.25) is 0 Å². The lowest BCUT2D eigenvalue weighted by Gasteiger charge is -2.23. The largest absolute Gasteiger partial charge is 0.392 e. The van der Waals surface area contributed by atoms with E-state index in [1.54, 1.807) is 6.92 Å². The summed E-state index contributed by atoms with van der Waals surface area (Å²) >= 11 is 0. The van der Waals surface area contributed by atoms with Gasteiger partial charge < -0.3 is 15.3 Å². The Kier molecular flexibility index (Phi) is 2.97. The van der Waals surface area contributed by atoms with Crippen LogP contribution in [-0.2, 0) is 0 Å². The average molecular weight is 171 g/mol. The van der Waals surface area contributed by atoms with Gasteiger partial charge in [0.05, 0.1) is 25.4 Å². The first kappa shape index (κ1) is 9.38. The molecule has 0 saturated carbocycles. The molecule has 1 aliphatic rings. The van der Waals surface area contributed by atoms with Crippen molar-refractivity contribution in [3.05, 3.63) is 11.1 Å².